The Morgan fingerprint density at radius 1 is 1.16 bits per heavy atom. The normalized spacial score (nSPS) is 16.5. The fourth-order valence-corrected chi connectivity index (χ4v) is 3.96. The molecule has 5 rings (SSSR count). The van der Waals surface area contributed by atoms with E-state index in [-0.39, 0.29) is 5.92 Å². The van der Waals surface area contributed by atoms with Crippen LogP contribution < -0.4 is 5.32 Å². The molecule has 120 valence electrons. The molecule has 1 atom stereocenters. The zero-order chi connectivity index (χ0) is 16.8. The van der Waals surface area contributed by atoms with Crippen molar-refractivity contribution in [2.75, 3.05) is 5.32 Å². The van der Waals surface area contributed by atoms with Crippen molar-refractivity contribution in [3.8, 4) is 6.07 Å². The number of hydrogen-bond acceptors (Lipinski definition) is 7. The van der Waals surface area contributed by atoms with E-state index in [0.29, 0.717) is 22.4 Å². The minimum Gasteiger partial charge on any atom is -0.336 e. The van der Waals surface area contributed by atoms with Crippen LogP contribution in [0.15, 0.2) is 52.1 Å². The SMILES string of the molecule is N#CC1=C(c2cccs2)Nc2n[nH]cc2C1c1cccc2nonc12. The number of fused-ring (bicyclic) bond motifs is 2. The lowest BCUT2D eigenvalue weighted by atomic mass is 9.82. The second kappa shape index (κ2) is 5.29. The van der Waals surface area contributed by atoms with E-state index in [9.17, 15) is 5.26 Å². The van der Waals surface area contributed by atoms with E-state index in [1.54, 1.807) is 11.3 Å². The third kappa shape index (κ3) is 2.00. The number of nitriles is 1. The second-order valence-electron chi connectivity index (χ2n) is 5.60. The molecule has 0 amide bonds. The number of nitrogens with one attached hydrogen (secondary N) is 2. The lowest BCUT2D eigenvalue weighted by Gasteiger charge is -2.25. The summed E-state index contributed by atoms with van der Waals surface area (Å²) >= 11 is 1.57. The summed E-state index contributed by atoms with van der Waals surface area (Å²) in [6, 6.07) is 12.0. The van der Waals surface area contributed by atoms with Crippen LogP contribution in [0.1, 0.15) is 21.9 Å². The predicted octanol–water partition coefficient (Wildman–Crippen LogP) is 3.50. The minimum absolute atomic E-state index is 0.298. The summed E-state index contributed by atoms with van der Waals surface area (Å²) in [4.78, 5) is 0.987. The van der Waals surface area contributed by atoms with E-state index in [1.807, 2.05) is 41.9 Å². The monoisotopic (exact) mass is 346 g/mol. The third-order valence-corrected chi connectivity index (χ3v) is 5.19. The predicted molar refractivity (Wildman–Crippen MR) is 92.7 cm³/mol. The van der Waals surface area contributed by atoms with Gasteiger partial charge in [0.15, 0.2) is 5.82 Å². The lowest BCUT2D eigenvalue weighted by molar-refractivity contribution is 0.315. The van der Waals surface area contributed by atoms with E-state index in [4.69, 9.17) is 4.63 Å². The topological polar surface area (TPSA) is 103 Å². The maximum Gasteiger partial charge on any atom is 0.156 e. The quantitative estimate of drug-likeness (QED) is 0.576. The van der Waals surface area contributed by atoms with E-state index in [2.05, 4.69) is 31.9 Å². The van der Waals surface area contributed by atoms with E-state index in [0.717, 1.165) is 21.7 Å². The number of benzene rings is 1. The van der Waals surface area contributed by atoms with Gasteiger partial charge in [-0.3, -0.25) is 5.10 Å². The van der Waals surface area contributed by atoms with Gasteiger partial charge in [-0.25, -0.2) is 4.63 Å². The molecule has 2 N–H and O–H groups in total. The molecule has 8 heteroatoms. The molecule has 0 radical (unpaired) electrons. The van der Waals surface area contributed by atoms with E-state index < -0.39 is 0 Å². The van der Waals surface area contributed by atoms with Crippen molar-refractivity contribution in [2.45, 2.75) is 5.92 Å². The number of aromatic nitrogens is 4. The summed E-state index contributed by atoms with van der Waals surface area (Å²) in [6.07, 6.45) is 1.81. The molecule has 0 spiro atoms. The third-order valence-electron chi connectivity index (χ3n) is 4.30. The van der Waals surface area contributed by atoms with Gasteiger partial charge in [0.2, 0.25) is 0 Å². The highest BCUT2D eigenvalue weighted by atomic mass is 32.1. The standard InChI is InChI=1S/C17H10N6OS/c18-7-10-14(9-3-1-4-12-15(9)23-24-22-12)11-8-19-21-17(11)20-16(10)13-5-2-6-25-13/h1-6,8,14H,(H2,19,20,21). The summed E-state index contributed by atoms with van der Waals surface area (Å²) in [6.45, 7) is 0. The molecular formula is C17H10N6OS. The van der Waals surface area contributed by atoms with Gasteiger partial charge in [0, 0.05) is 11.8 Å². The van der Waals surface area contributed by atoms with Crippen LogP contribution in [0.25, 0.3) is 16.7 Å². The molecule has 0 aliphatic carbocycles. The molecule has 1 aliphatic rings. The molecular weight excluding hydrogens is 336 g/mol. The number of anilines is 1. The summed E-state index contributed by atoms with van der Waals surface area (Å²) < 4.78 is 4.90. The van der Waals surface area contributed by atoms with Gasteiger partial charge in [0.25, 0.3) is 0 Å². The first-order chi connectivity index (χ1) is 12.4. The smallest absolute Gasteiger partial charge is 0.156 e. The number of thiophene rings is 1. The maximum absolute atomic E-state index is 9.94. The van der Waals surface area contributed by atoms with Gasteiger partial charge in [0.05, 0.1) is 28.1 Å². The van der Waals surface area contributed by atoms with Crippen LogP contribution in [0.2, 0.25) is 0 Å². The number of hydrogen-bond donors (Lipinski definition) is 2. The van der Waals surface area contributed by atoms with Crippen molar-refractivity contribution in [3.63, 3.8) is 0 Å². The highest BCUT2D eigenvalue weighted by Crippen LogP contribution is 2.45. The van der Waals surface area contributed by atoms with Gasteiger partial charge in [-0.2, -0.15) is 10.4 Å². The Labute approximate surface area is 145 Å². The Bertz CT molecular complexity index is 1150. The van der Waals surface area contributed by atoms with Crippen LogP contribution in [0.3, 0.4) is 0 Å². The average Bonchev–Trinajstić information content (AvgIpc) is 3.40. The highest BCUT2D eigenvalue weighted by molar-refractivity contribution is 7.11. The van der Waals surface area contributed by atoms with Gasteiger partial charge in [-0.15, -0.1) is 11.3 Å². The van der Waals surface area contributed by atoms with Crippen molar-refractivity contribution >= 4 is 33.9 Å². The first-order valence-electron chi connectivity index (χ1n) is 7.57. The van der Waals surface area contributed by atoms with Crippen LogP contribution in [0.5, 0.6) is 0 Å². The zero-order valence-electron chi connectivity index (χ0n) is 12.7. The van der Waals surface area contributed by atoms with Crippen LogP contribution in [0.4, 0.5) is 5.82 Å². The van der Waals surface area contributed by atoms with Crippen LogP contribution in [0, 0.1) is 11.3 Å². The van der Waals surface area contributed by atoms with Crippen LogP contribution in [-0.2, 0) is 0 Å². The van der Waals surface area contributed by atoms with Gasteiger partial charge in [0.1, 0.15) is 11.0 Å². The molecule has 1 aliphatic heterocycles. The Hall–Kier alpha value is -3.44. The molecule has 3 aromatic heterocycles. The largest absolute Gasteiger partial charge is 0.336 e. The van der Waals surface area contributed by atoms with Crippen molar-refractivity contribution in [2.24, 2.45) is 0 Å². The summed E-state index contributed by atoms with van der Waals surface area (Å²) in [5.74, 6) is 0.411. The molecule has 4 heterocycles. The Balaban J connectivity index is 1.82. The zero-order valence-corrected chi connectivity index (χ0v) is 13.5. The van der Waals surface area contributed by atoms with Crippen molar-refractivity contribution in [3.05, 3.63) is 63.5 Å². The van der Waals surface area contributed by atoms with Crippen molar-refractivity contribution in [1.82, 2.24) is 20.5 Å². The Morgan fingerprint density at radius 3 is 2.96 bits per heavy atom. The van der Waals surface area contributed by atoms with Gasteiger partial charge >= 0.3 is 0 Å². The second-order valence-corrected chi connectivity index (χ2v) is 6.55. The molecule has 0 fully saturated rings. The molecule has 0 bridgehead atoms. The summed E-state index contributed by atoms with van der Waals surface area (Å²) in [5.41, 5.74) is 4.47. The summed E-state index contributed by atoms with van der Waals surface area (Å²) in [5, 5.41) is 30.4. The number of nitrogens with zero attached hydrogens (tertiary/aromatic N) is 4. The number of H-pyrrole nitrogens is 1. The summed E-state index contributed by atoms with van der Waals surface area (Å²) in [7, 11) is 0. The molecule has 4 aromatic rings. The van der Waals surface area contributed by atoms with Crippen molar-refractivity contribution < 1.29 is 4.63 Å². The first-order valence-corrected chi connectivity index (χ1v) is 8.45. The van der Waals surface area contributed by atoms with Gasteiger partial charge in [-0.1, -0.05) is 18.2 Å². The number of aromatic amines is 1. The average molecular weight is 346 g/mol. The molecule has 1 aromatic carbocycles. The molecule has 7 nitrogen and oxygen atoms in total. The van der Waals surface area contributed by atoms with Crippen LogP contribution >= 0.6 is 11.3 Å². The minimum atomic E-state index is -0.298. The van der Waals surface area contributed by atoms with Crippen molar-refractivity contribution in [1.29, 1.82) is 5.26 Å². The Morgan fingerprint density at radius 2 is 2.12 bits per heavy atom. The van der Waals surface area contributed by atoms with E-state index in [1.165, 1.54) is 0 Å². The maximum atomic E-state index is 9.94. The molecule has 1 unspecified atom stereocenters. The molecule has 0 saturated heterocycles. The van der Waals surface area contributed by atoms with Gasteiger partial charge in [-0.05, 0) is 33.4 Å². The highest BCUT2D eigenvalue weighted by Gasteiger charge is 2.33. The fourth-order valence-electron chi connectivity index (χ4n) is 3.22. The fraction of sp³-hybridized carbons (Fsp3) is 0.0588. The number of allylic oxidation sites excluding steroid dienone is 1. The number of rotatable bonds is 2. The lowest BCUT2D eigenvalue weighted by Crippen LogP contribution is -2.16. The van der Waals surface area contributed by atoms with Gasteiger partial charge < -0.3 is 5.32 Å². The Kier molecular flexibility index (Phi) is 2.95. The molecule has 0 saturated carbocycles. The van der Waals surface area contributed by atoms with E-state index >= 15 is 0 Å². The molecule has 25 heavy (non-hydrogen) atoms. The first kappa shape index (κ1) is 13.9. The van der Waals surface area contributed by atoms with Crippen LogP contribution in [-0.4, -0.2) is 20.5 Å².